The topological polar surface area (TPSA) is 82.8 Å². The Morgan fingerprint density at radius 1 is 1.28 bits per heavy atom. The summed E-state index contributed by atoms with van der Waals surface area (Å²) in [5, 5.41) is 6.76. The lowest BCUT2D eigenvalue weighted by atomic mass is 10.1. The van der Waals surface area contributed by atoms with Crippen molar-refractivity contribution >= 4 is 36.0 Å². The number of nitrogens with zero attached hydrogens (tertiary/aromatic N) is 2. The van der Waals surface area contributed by atoms with E-state index in [2.05, 4.69) is 53.7 Å². The second-order valence-corrected chi connectivity index (χ2v) is 6.24. The molecule has 0 aliphatic carbocycles. The van der Waals surface area contributed by atoms with Crippen LogP contribution in [0.25, 0.3) is 0 Å². The molecular formula is C18H30IN5O. The van der Waals surface area contributed by atoms with Crippen molar-refractivity contribution < 1.29 is 4.79 Å². The highest BCUT2D eigenvalue weighted by Crippen LogP contribution is 2.10. The van der Waals surface area contributed by atoms with Crippen LogP contribution in [-0.2, 0) is 6.42 Å². The average molecular weight is 459 g/mol. The van der Waals surface area contributed by atoms with Gasteiger partial charge in [0.05, 0.1) is 0 Å². The number of carbonyl (C=O) groups is 1. The van der Waals surface area contributed by atoms with Gasteiger partial charge in [0.1, 0.15) is 0 Å². The van der Waals surface area contributed by atoms with Crippen molar-refractivity contribution in [3.63, 3.8) is 0 Å². The van der Waals surface area contributed by atoms with Gasteiger partial charge >= 0.3 is 6.03 Å². The van der Waals surface area contributed by atoms with Gasteiger partial charge in [-0.1, -0.05) is 29.8 Å². The van der Waals surface area contributed by atoms with E-state index in [0.717, 1.165) is 38.3 Å². The Bertz CT molecular complexity index is 553. The molecular weight excluding hydrogens is 429 g/mol. The summed E-state index contributed by atoms with van der Waals surface area (Å²) in [6, 6.07) is 8.59. The van der Waals surface area contributed by atoms with Crippen LogP contribution in [0.2, 0.25) is 0 Å². The first kappa shape index (κ1) is 21.5. The van der Waals surface area contributed by atoms with Gasteiger partial charge in [0.15, 0.2) is 5.96 Å². The van der Waals surface area contributed by atoms with Crippen molar-refractivity contribution in [3.05, 3.63) is 35.4 Å². The molecule has 1 fully saturated rings. The molecule has 0 saturated carbocycles. The van der Waals surface area contributed by atoms with Crippen molar-refractivity contribution in [2.75, 3.05) is 26.2 Å². The molecule has 6 nitrogen and oxygen atoms in total. The number of piperidine rings is 1. The fourth-order valence-electron chi connectivity index (χ4n) is 2.81. The molecule has 25 heavy (non-hydrogen) atoms. The summed E-state index contributed by atoms with van der Waals surface area (Å²) in [6.45, 7) is 7.14. The Morgan fingerprint density at radius 2 is 1.92 bits per heavy atom. The van der Waals surface area contributed by atoms with Crippen molar-refractivity contribution in [3.8, 4) is 0 Å². The second-order valence-electron chi connectivity index (χ2n) is 6.24. The summed E-state index contributed by atoms with van der Waals surface area (Å²) in [4.78, 5) is 17.5. The normalized spacial score (nSPS) is 15.4. The van der Waals surface area contributed by atoms with Crippen LogP contribution >= 0.6 is 24.0 Å². The number of aliphatic imine (C=N–C) groups is 1. The minimum absolute atomic E-state index is 0. The van der Waals surface area contributed by atoms with Crippen LogP contribution in [0, 0.1) is 6.92 Å². The van der Waals surface area contributed by atoms with Crippen LogP contribution < -0.4 is 16.4 Å². The van der Waals surface area contributed by atoms with E-state index in [1.54, 1.807) is 4.90 Å². The number of urea groups is 1. The Balaban J connectivity index is 0.00000312. The van der Waals surface area contributed by atoms with E-state index < -0.39 is 0 Å². The van der Waals surface area contributed by atoms with Gasteiger partial charge < -0.3 is 21.3 Å². The number of aryl methyl sites for hydroxylation is 1. The van der Waals surface area contributed by atoms with Crippen molar-refractivity contribution in [2.45, 2.75) is 39.2 Å². The maximum absolute atomic E-state index is 11.2. The number of carbonyl (C=O) groups excluding carboxylic acids is 1. The minimum atomic E-state index is -0.327. The summed E-state index contributed by atoms with van der Waals surface area (Å²) in [5.41, 5.74) is 7.90. The lowest BCUT2D eigenvalue weighted by Gasteiger charge is -2.32. The number of guanidine groups is 1. The molecule has 0 radical (unpaired) electrons. The summed E-state index contributed by atoms with van der Waals surface area (Å²) >= 11 is 0. The molecule has 1 saturated heterocycles. The molecule has 140 valence electrons. The molecule has 7 heteroatoms. The van der Waals surface area contributed by atoms with Crippen molar-refractivity contribution in [1.82, 2.24) is 15.5 Å². The third-order valence-electron chi connectivity index (χ3n) is 4.28. The maximum Gasteiger partial charge on any atom is 0.314 e. The molecule has 0 aromatic heterocycles. The number of primary amides is 1. The zero-order valence-corrected chi connectivity index (χ0v) is 17.5. The lowest BCUT2D eigenvalue weighted by Crippen LogP contribution is -2.50. The zero-order valence-electron chi connectivity index (χ0n) is 15.1. The molecule has 0 atom stereocenters. The number of hydrogen-bond donors (Lipinski definition) is 3. The highest BCUT2D eigenvalue weighted by Gasteiger charge is 2.21. The van der Waals surface area contributed by atoms with Crippen LogP contribution in [0.4, 0.5) is 4.79 Å². The van der Waals surface area contributed by atoms with E-state index in [1.165, 1.54) is 11.1 Å². The number of benzene rings is 1. The van der Waals surface area contributed by atoms with E-state index in [-0.39, 0.29) is 30.0 Å². The van der Waals surface area contributed by atoms with E-state index in [1.807, 2.05) is 0 Å². The van der Waals surface area contributed by atoms with E-state index in [0.29, 0.717) is 19.1 Å². The van der Waals surface area contributed by atoms with Gasteiger partial charge in [-0.05, 0) is 38.7 Å². The quantitative estimate of drug-likeness (QED) is 0.359. The summed E-state index contributed by atoms with van der Waals surface area (Å²) in [6.07, 6.45) is 2.72. The molecule has 0 bridgehead atoms. The summed E-state index contributed by atoms with van der Waals surface area (Å²) in [5.74, 6) is 0.849. The number of rotatable bonds is 5. The predicted octanol–water partition coefficient (Wildman–Crippen LogP) is 2.25. The molecule has 1 aromatic rings. The van der Waals surface area contributed by atoms with Crippen LogP contribution in [0.5, 0.6) is 0 Å². The van der Waals surface area contributed by atoms with Gasteiger partial charge in [-0.25, -0.2) is 4.79 Å². The number of amides is 2. The third-order valence-corrected chi connectivity index (χ3v) is 4.28. The number of nitrogens with two attached hydrogens (primary N) is 1. The molecule has 0 unspecified atom stereocenters. The lowest BCUT2D eigenvalue weighted by molar-refractivity contribution is 0.188. The van der Waals surface area contributed by atoms with Crippen LogP contribution in [-0.4, -0.2) is 49.1 Å². The van der Waals surface area contributed by atoms with Gasteiger partial charge in [-0.3, -0.25) is 4.99 Å². The highest BCUT2D eigenvalue weighted by molar-refractivity contribution is 14.0. The first-order valence-corrected chi connectivity index (χ1v) is 8.73. The van der Waals surface area contributed by atoms with Crippen molar-refractivity contribution in [1.29, 1.82) is 0 Å². The smallest absolute Gasteiger partial charge is 0.314 e. The molecule has 1 aliphatic rings. The van der Waals surface area contributed by atoms with Gasteiger partial charge in [0, 0.05) is 32.2 Å². The summed E-state index contributed by atoms with van der Waals surface area (Å²) < 4.78 is 0. The number of likely N-dealkylation sites (tertiary alicyclic amines) is 1. The largest absolute Gasteiger partial charge is 0.357 e. The molecule has 1 heterocycles. The Labute approximate surface area is 167 Å². The number of hydrogen-bond acceptors (Lipinski definition) is 2. The number of nitrogens with one attached hydrogen (secondary N) is 2. The van der Waals surface area contributed by atoms with Gasteiger partial charge in [0.25, 0.3) is 0 Å². The van der Waals surface area contributed by atoms with Crippen molar-refractivity contribution in [2.24, 2.45) is 10.7 Å². The van der Waals surface area contributed by atoms with Gasteiger partial charge in [-0.2, -0.15) is 0 Å². The third kappa shape index (κ3) is 7.50. The molecule has 0 spiro atoms. The Kier molecular flexibility index (Phi) is 9.62. The van der Waals surface area contributed by atoms with E-state index >= 15 is 0 Å². The molecule has 2 amide bonds. The monoisotopic (exact) mass is 459 g/mol. The molecule has 4 N–H and O–H groups in total. The summed E-state index contributed by atoms with van der Waals surface area (Å²) in [7, 11) is 0. The first-order chi connectivity index (χ1) is 11.6. The maximum atomic E-state index is 11.2. The standard InChI is InChI=1S/C18H29N5O.HI/c1-3-20-18(21-11-8-15-6-4-14(2)5-7-15)22-16-9-12-23(13-10-16)17(19)24;/h4-7,16H,3,8-13H2,1-2H3,(H2,19,24)(H2,20,21,22);1H. The van der Waals surface area contributed by atoms with Gasteiger partial charge in [0.2, 0.25) is 0 Å². The number of halogens is 1. The zero-order chi connectivity index (χ0) is 17.4. The van der Waals surface area contributed by atoms with E-state index in [4.69, 9.17) is 5.73 Å². The van der Waals surface area contributed by atoms with Crippen LogP contribution in [0.3, 0.4) is 0 Å². The second kappa shape index (κ2) is 11.2. The van der Waals surface area contributed by atoms with Crippen LogP contribution in [0.1, 0.15) is 30.9 Å². The molecule has 1 aliphatic heterocycles. The molecule has 1 aromatic carbocycles. The first-order valence-electron chi connectivity index (χ1n) is 8.73. The fraction of sp³-hybridized carbons (Fsp3) is 0.556. The Hall–Kier alpha value is -1.51. The van der Waals surface area contributed by atoms with Gasteiger partial charge in [-0.15, -0.1) is 24.0 Å². The Morgan fingerprint density at radius 3 is 2.48 bits per heavy atom. The predicted molar refractivity (Wildman–Crippen MR) is 114 cm³/mol. The molecule has 2 rings (SSSR count). The highest BCUT2D eigenvalue weighted by atomic mass is 127. The average Bonchev–Trinajstić information content (AvgIpc) is 2.57. The fourth-order valence-corrected chi connectivity index (χ4v) is 2.81. The van der Waals surface area contributed by atoms with E-state index in [9.17, 15) is 4.79 Å². The SMILES string of the molecule is CCNC(=NCCc1ccc(C)cc1)NC1CCN(C(N)=O)CC1.I. The minimum Gasteiger partial charge on any atom is -0.357 e. The van der Waals surface area contributed by atoms with Crippen LogP contribution in [0.15, 0.2) is 29.3 Å².